The first kappa shape index (κ1) is 28.5. The third-order valence-corrected chi connectivity index (χ3v) is 8.52. The molecule has 1 aromatic heterocycles. The van der Waals surface area contributed by atoms with Gasteiger partial charge in [-0.15, -0.1) is 16.9 Å². The molecule has 212 valence electrons. The van der Waals surface area contributed by atoms with E-state index in [4.69, 9.17) is 0 Å². The van der Waals surface area contributed by atoms with Crippen LogP contribution < -0.4 is 5.56 Å². The lowest BCUT2D eigenvalue weighted by molar-refractivity contribution is -0.144. The Kier molecular flexibility index (Phi) is 8.25. The molecule has 0 amide bonds. The Balaban J connectivity index is 1.28. The average Bonchev–Trinajstić information content (AvgIpc) is 3.38. The van der Waals surface area contributed by atoms with Crippen molar-refractivity contribution in [1.82, 2.24) is 15.0 Å². The van der Waals surface area contributed by atoms with Gasteiger partial charge in [-0.1, -0.05) is 47.7 Å². The van der Waals surface area contributed by atoms with Gasteiger partial charge in [0.2, 0.25) is 0 Å². The van der Waals surface area contributed by atoms with E-state index in [0.717, 1.165) is 40.0 Å². The standard InChI is InChI=1S/C30H26F3N3O4S/c31-30(32,33)21-9-13-25-24(16-21)28(38)36(35-34-25)17-20-8-12-23(26(20)29(39)40)27(37)19-6-10-22(11-7-19)41-15-14-18-4-2-1-3-5-18/h1-7,9-11,13,16,20,23,26H,8,12,14-15,17H2,(H,39,40). The molecule has 1 N–H and O–H groups in total. The zero-order chi connectivity index (χ0) is 29.1. The van der Waals surface area contributed by atoms with Crippen LogP contribution in [0.2, 0.25) is 0 Å². The smallest absolute Gasteiger partial charge is 0.416 e. The number of rotatable bonds is 9. The molecule has 0 radical (unpaired) electrons. The first-order valence-electron chi connectivity index (χ1n) is 13.1. The molecule has 7 nitrogen and oxygen atoms in total. The summed E-state index contributed by atoms with van der Waals surface area (Å²) < 4.78 is 40.4. The number of nitrogens with zero attached hydrogens (tertiary/aromatic N) is 3. The van der Waals surface area contributed by atoms with E-state index in [1.165, 1.54) is 5.56 Å². The Bertz CT molecular complexity index is 1620. The van der Waals surface area contributed by atoms with Crippen molar-refractivity contribution in [2.24, 2.45) is 17.8 Å². The van der Waals surface area contributed by atoms with Crippen LogP contribution in [0.25, 0.3) is 10.9 Å². The number of hydrogen-bond acceptors (Lipinski definition) is 6. The molecular weight excluding hydrogens is 555 g/mol. The number of benzene rings is 3. The number of hydrogen-bond donors (Lipinski definition) is 1. The van der Waals surface area contributed by atoms with Gasteiger partial charge in [0.15, 0.2) is 5.78 Å². The normalized spacial score (nSPS) is 19.0. The highest BCUT2D eigenvalue weighted by molar-refractivity contribution is 7.99. The molecule has 41 heavy (non-hydrogen) atoms. The van der Waals surface area contributed by atoms with Gasteiger partial charge in [-0.3, -0.25) is 14.4 Å². The fraction of sp³-hybridized carbons (Fsp3) is 0.300. The first-order chi connectivity index (χ1) is 19.6. The minimum Gasteiger partial charge on any atom is -0.481 e. The van der Waals surface area contributed by atoms with Crippen LogP contribution in [0.4, 0.5) is 13.2 Å². The zero-order valence-corrected chi connectivity index (χ0v) is 22.6. The molecule has 0 bridgehead atoms. The quantitative estimate of drug-likeness (QED) is 0.198. The predicted molar refractivity (Wildman–Crippen MR) is 148 cm³/mol. The lowest BCUT2D eigenvalue weighted by atomic mass is 9.84. The predicted octanol–water partition coefficient (Wildman–Crippen LogP) is 5.76. The van der Waals surface area contributed by atoms with Crippen molar-refractivity contribution >= 4 is 34.4 Å². The van der Waals surface area contributed by atoms with E-state index in [1.807, 2.05) is 30.3 Å². The van der Waals surface area contributed by atoms with Gasteiger partial charge in [0.05, 0.1) is 23.4 Å². The number of carbonyl (C=O) groups is 2. The van der Waals surface area contributed by atoms with Crippen LogP contribution in [0.3, 0.4) is 0 Å². The van der Waals surface area contributed by atoms with Crippen molar-refractivity contribution in [1.29, 1.82) is 0 Å². The van der Waals surface area contributed by atoms with E-state index in [1.54, 1.807) is 23.9 Å². The van der Waals surface area contributed by atoms with Crippen LogP contribution in [0, 0.1) is 17.8 Å². The lowest BCUT2D eigenvalue weighted by Gasteiger charge is -2.20. The maximum Gasteiger partial charge on any atom is 0.416 e. The molecule has 1 saturated carbocycles. The molecule has 1 aliphatic carbocycles. The second kappa shape index (κ2) is 11.9. The van der Waals surface area contributed by atoms with Crippen molar-refractivity contribution in [3.8, 4) is 0 Å². The van der Waals surface area contributed by atoms with Crippen molar-refractivity contribution in [2.45, 2.75) is 36.9 Å². The topological polar surface area (TPSA) is 102 Å². The summed E-state index contributed by atoms with van der Waals surface area (Å²) in [4.78, 5) is 39.6. The summed E-state index contributed by atoms with van der Waals surface area (Å²) in [5.74, 6) is -3.07. The van der Waals surface area contributed by atoms with Crippen LogP contribution in [-0.4, -0.2) is 37.6 Å². The van der Waals surface area contributed by atoms with Crippen molar-refractivity contribution in [3.05, 3.63) is 99.8 Å². The maximum absolute atomic E-state index is 13.4. The van der Waals surface area contributed by atoms with Gasteiger partial charge in [-0.05, 0) is 61.1 Å². The van der Waals surface area contributed by atoms with Crippen LogP contribution in [0.1, 0.15) is 34.3 Å². The average molecular weight is 582 g/mol. The van der Waals surface area contributed by atoms with E-state index in [0.29, 0.717) is 18.4 Å². The molecule has 1 aliphatic rings. The summed E-state index contributed by atoms with van der Waals surface area (Å²) in [5.41, 5.74) is -0.116. The number of aliphatic carboxylic acids is 1. The van der Waals surface area contributed by atoms with Crippen molar-refractivity contribution in [3.63, 3.8) is 0 Å². The highest BCUT2D eigenvalue weighted by Gasteiger charge is 2.45. The minimum absolute atomic E-state index is 0.00943. The molecule has 3 atom stereocenters. The van der Waals surface area contributed by atoms with Gasteiger partial charge < -0.3 is 5.11 Å². The lowest BCUT2D eigenvalue weighted by Crippen LogP contribution is -2.34. The van der Waals surface area contributed by atoms with E-state index < -0.39 is 41.0 Å². The van der Waals surface area contributed by atoms with Gasteiger partial charge in [-0.25, -0.2) is 4.68 Å². The number of Topliss-reactive ketones (excluding diaryl/α,β-unsaturated/α-hetero) is 1. The number of fused-ring (bicyclic) bond motifs is 1. The van der Waals surface area contributed by atoms with E-state index in [9.17, 15) is 32.7 Å². The Morgan fingerprint density at radius 1 is 1.00 bits per heavy atom. The number of carboxylic acid groups (broad SMARTS) is 1. The zero-order valence-electron chi connectivity index (χ0n) is 21.8. The number of ketones is 1. The molecule has 4 aromatic rings. The molecule has 0 spiro atoms. The van der Waals surface area contributed by atoms with Gasteiger partial charge in [0, 0.05) is 22.1 Å². The van der Waals surface area contributed by atoms with Gasteiger partial charge in [0.25, 0.3) is 5.56 Å². The Morgan fingerprint density at radius 2 is 1.73 bits per heavy atom. The summed E-state index contributed by atoms with van der Waals surface area (Å²) in [6.07, 6.45) is -3.08. The van der Waals surface area contributed by atoms with Crippen molar-refractivity contribution in [2.75, 3.05) is 5.75 Å². The van der Waals surface area contributed by atoms with Crippen LogP contribution in [0.15, 0.2) is 82.5 Å². The van der Waals surface area contributed by atoms with Gasteiger partial charge >= 0.3 is 12.1 Å². The fourth-order valence-corrected chi connectivity index (χ4v) is 6.31. The third-order valence-electron chi connectivity index (χ3n) is 7.51. The second-order valence-electron chi connectivity index (χ2n) is 10.1. The van der Waals surface area contributed by atoms with E-state index in [-0.39, 0.29) is 23.2 Å². The van der Waals surface area contributed by atoms with Crippen molar-refractivity contribution < 1.29 is 27.9 Å². The Morgan fingerprint density at radius 3 is 2.41 bits per heavy atom. The van der Waals surface area contributed by atoms with Crippen LogP contribution in [0.5, 0.6) is 0 Å². The third kappa shape index (κ3) is 6.35. The Labute approximate surface area is 237 Å². The summed E-state index contributed by atoms with van der Waals surface area (Å²) in [7, 11) is 0. The number of alkyl halides is 3. The second-order valence-corrected chi connectivity index (χ2v) is 11.3. The summed E-state index contributed by atoms with van der Waals surface area (Å²) in [5, 5.41) is 17.5. The number of aromatic nitrogens is 3. The number of aryl methyl sites for hydroxylation is 1. The van der Waals surface area contributed by atoms with Crippen LogP contribution >= 0.6 is 11.8 Å². The monoisotopic (exact) mass is 581 g/mol. The minimum atomic E-state index is -4.64. The van der Waals surface area contributed by atoms with Gasteiger partial charge in [0.1, 0.15) is 5.52 Å². The molecule has 3 unspecified atom stereocenters. The molecule has 1 fully saturated rings. The molecule has 0 saturated heterocycles. The summed E-state index contributed by atoms with van der Waals surface area (Å²) >= 11 is 1.67. The van der Waals surface area contributed by atoms with Gasteiger partial charge in [-0.2, -0.15) is 13.2 Å². The number of carboxylic acids is 1. The summed E-state index contributed by atoms with van der Waals surface area (Å²) in [6, 6.07) is 19.9. The largest absolute Gasteiger partial charge is 0.481 e. The molecule has 1 heterocycles. The first-order valence-corrected chi connectivity index (χ1v) is 14.1. The SMILES string of the molecule is O=C(c1ccc(SCCc2ccccc2)cc1)C1CCC(Cn2nnc3ccc(C(F)(F)F)cc3c2=O)C1C(=O)O. The number of halogens is 3. The van der Waals surface area contributed by atoms with E-state index in [2.05, 4.69) is 22.4 Å². The highest BCUT2D eigenvalue weighted by atomic mass is 32.2. The highest BCUT2D eigenvalue weighted by Crippen LogP contribution is 2.40. The van der Waals surface area contributed by atoms with Crippen LogP contribution in [-0.2, 0) is 23.9 Å². The van der Waals surface area contributed by atoms with E-state index >= 15 is 0 Å². The fourth-order valence-electron chi connectivity index (χ4n) is 5.41. The molecule has 5 rings (SSSR count). The number of carbonyl (C=O) groups excluding carboxylic acids is 1. The molecule has 0 aliphatic heterocycles. The Hall–Kier alpha value is -3.99. The number of thioether (sulfide) groups is 1. The molecule has 11 heteroatoms. The molecule has 3 aromatic carbocycles. The molecular formula is C30H26F3N3O4S. The maximum atomic E-state index is 13.4. The summed E-state index contributed by atoms with van der Waals surface area (Å²) in [6.45, 7) is -0.171.